The molecule has 23 heavy (non-hydrogen) atoms. The van der Waals surface area contributed by atoms with Crippen LogP contribution in [0.4, 0.5) is 5.82 Å². The molecule has 2 aliphatic heterocycles. The van der Waals surface area contributed by atoms with Crippen molar-refractivity contribution >= 4 is 5.82 Å². The second-order valence-electron chi connectivity index (χ2n) is 7.69. The Balaban J connectivity index is 1.69. The Kier molecular flexibility index (Phi) is 4.63. The van der Waals surface area contributed by atoms with E-state index in [1.54, 1.807) is 0 Å². The maximum atomic E-state index is 6.18. The molecule has 0 radical (unpaired) electrons. The molecular formula is C18H29N3O2. The average molecular weight is 319 g/mol. The monoisotopic (exact) mass is 319 g/mol. The number of hydrogen-bond acceptors (Lipinski definition) is 5. The lowest BCUT2D eigenvalue weighted by atomic mass is 9.94. The zero-order chi connectivity index (χ0) is 16.5. The van der Waals surface area contributed by atoms with Gasteiger partial charge in [-0.2, -0.15) is 0 Å². The number of nitrogens with one attached hydrogen (secondary N) is 1. The van der Waals surface area contributed by atoms with Crippen molar-refractivity contribution in [3.63, 3.8) is 0 Å². The topological polar surface area (TPSA) is 46.6 Å². The molecule has 0 bridgehead atoms. The molecular weight excluding hydrogens is 290 g/mol. The number of rotatable bonds is 4. The van der Waals surface area contributed by atoms with Gasteiger partial charge in [-0.15, -0.1) is 0 Å². The molecule has 2 fully saturated rings. The molecule has 1 N–H and O–H groups in total. The van der Waals surface area contributed by atoms with E-state index in [1.807, 2.05) is 12.3 Å². The van der Waals surface area contributed by atoms with E-state index in [4.69, 9.17) is 9.47 Å². The van der Waals surface area contributed by atoms with Crippen LogP contribution in [0, 0.1) is 0 Å². The molecule has 5 heteroatoms. The van der Waals surface area contributed by atoms with E-state index in [1.165, 1.54) is 5.56 Å². The lowest BCUT2D eigenvalue weighted by molar-refractivity contribution is -0.0699. The Morgan fingerprint density at radius 1 is 1.26 bits per heavy atom. The van der Waals surface area contributed by atoms with Crippen LogP contribution in [0.2, 0.25) is 0 Å². The second-order valence-corrected chi connectivity index (χ2v) is 7.69. The maximum absolute atomic E-state index is 6.18. The number of nitrogens with zero attached hydrogens (tertiary/aromatic N) is 2. The lowest BCUT2D eigenvalue weighted by Gasteiger charge is -2.31. The minimum Gasteiger partial charge on any atom is -0.378 e. The van der Waals surface area contributed by atoms with Crippen LogP contribution in [0.15, 0.2) is 18.3 Å². The number of pyridine rings is 1. The van der Waals surface area contributed by atoms with Gasteiger partial charge in [-0.05, 0) is 40.2 Å². The summed E-state index contributed by atoms with van der Waals surface area (Å²) >= 11 is 0. The van der Waals surface area contributed by atoms with E-state index >= 15 is 0 Å². The summed E-state index contributed by atoms with van der Waals surface area (Å²) in [7, 11) is 0. The van der Waals surface area contributed by atoms with Crippen molar-refractivity contribution in [2.45, 2.75) is 57.9 Å². The largest absolute Gasteiger partial charge is 0.378 e. The predicted molar refractivity (Wildman–Crippen MR) is 91.8 cm³/mol. The standard InChI is InChI=1S/C18H29N3O2/c1-17(2)12-15(18(3,4)23-17)20-13-14-6-5-7-19-16(14)21-8-10-22-11-9-21/h5-7,15,20H,8-13H2,1-4H3/t15-/m1/s1. The van der Waals surface area contributed by atoms with Crippen molar-refractivity contribution < 1.29 is 9.47 Å². The molecule has 1 atom stereocenters. The molecule has 3 rings (SSSR count). The van der Waals surface area contributed by atoms with Crippen LogP contribution in [0.25, 0.3) is 0 Å². The number of ether oxygens (including phenoxy) is 2. The smallest absolute Gasteiger partial charge is 0.133 e. The van der Waals surface area contributed by atoms with E-state index in [-0.39, 0.29) is 11.2 Å². The molecule has 0 saturated carbocycles. The fourth-order valence-electron chi connectivity index (χ4n) is 3.74. The van der Waals surface area contributed by atoms with Crippen LogP contribution < -0.4 is 10.2 Å². The third-order valence-corrected chi connectivity index (χ3v) is 4.79. The molecule has 1 aromatic rings. The Morgan fingerprint density at radius 2 is 2.00 bits per heavy atom. The van der Waals surface area contributed by atoms with Gasteiger partial charge in [0.2, 0.25) is 0 Å². The van der Waals surface area contributed by atoms with E-state index in [2.05, 4.69) is 49.0 Å². The van der Waals surface area contributed by atoms with Gasteiger partial charge in [-0.1, -0.05) is 6.07 Å². The van der Waals surface area contributed by atoms with Crippen LogP contribution >= 0.6 is 0 Å². The number of anilines is 1. The SMILES string of the molecule is CC1(C)C[C@@H](NCc2cccnc2N2CCOCC2)C(C)(C)O1. The summed E-state index contributed by atoms with van der Waals surface area (Å²) in [5.74, 6) is 1.08. The van der Waals surface area contributed by atoms with Gasteiger partial charge < -0.3 is 19.7 Å². The van der Waals surface area contributed by atoms with Crippen molar-refractivity contribution in [1.29, 1.82) is 0 Å². The summed E-state index contributed by atoms with van der Waals surface area (Å²) in [6.45, 7) is 12.9. The first-order valence-electron chi connectivity index (χ1n) is 8.58. The van der Waals surface area contributed by atoms with Crippen molar-refractivity contribution in [3.8, 4) is 0 Å². The molecule has 3 heterocycles. The molecule has 0 spiro atoms. The summed E-state index contributed by atoms with van der Waals surface area (Å²) in [6, 6.07) is 4.52. The molecule has 5 nitrogen and oxygen atoms in total. The average Bonchev–Trinajstić information content (AvgIpc) is 2.73. The molecule has 0 amide bonds. The molecule has 0 unspecified atom stereocenters. The Hall–Kier alpha value is -1.17. The molecule has 128 valence electrons. The van der Waals surface area contributed by atoms with Gasteiger partial charge in [0.05, 0.1) is 24.4 Å². The highest BCUT2D eigenvalue weighted by atomic mass is 16.5. The van der Waals surface area contributed by atoms with Gasteiger partial charge in [-0.3, -0.25) is 0 Å². The third kappa shape index (κ3) is 3.84. The van der Waals surface area contributed by atoms with Gasteiger partial charge in [0.15, 0.2) is 0 Å². The molecule has 2 aliphatic rings. The van der Waals surface area contributed by atoms with Gasteiger partial charge in [0.25, 0.3) is 0 Å². The summed E-state index contributed by atoms with van der Waals surface area (Å²) in [5, 5.41) is 3.70. The Bertz CT molecular complexity index is 539. The van der Waals surface area contributed by atoms with E-state index < -0.39 is 0 Å². The van der Waals surface area contributed by atoms with E-state index in [9.17, 15) is 0 Å². The third-order valence-electron chi connectivity index (χ3n) is 4.79. The number of hydrogen-bond donors (Lipinski definition) is 1. The predicted octanol–water partition coefficient (Wildman–Crippen LogP) is 2.35. The summed E-state index contributed by atoms with van der Waals surface area (Å²) in [4.78, 5) is 6.93. The fourth-order valence-corrected chi connectivity index (χ4v) is 3.74. The lowest BCUT2D eigenvalue weighted by Crippen LogP contribution is -2.43. The van der Waals surface area contributed by atoms with Crippen LogP contribution in [0.5, 0.6) is 0 Å². The highest BCUT2D eigenvalue weighted by Gasteiger charge is 2.45. The zero-order valence-electron chi connectivity index (χ0n) is 14.8. The normalized spacial score (nSPS) is 26.4. The minimum absolute atomic E-state index is 0.0663. The van der Waals surface area contributed by atoms with E-state index in [0.717, 1.165) is 45.1 Å². The second kappa shape index (κ2) is 6.38. The Morgan fingerprint density at radius 3 is 2.65 bits per heavy atom. The summed E-state index contributed by atoms with van der Waals surface area (Å²) < 4.78 is 11.6. The van der Waals surface area contributed by atoms with Crippen LogP contribution in [-0.4, -0.2) is 48.5 Å². The summed E-state index contributed by atoms with van der Waals surface area (Å²) in [6.07, 6.45) is 2.90. The van der Waals surface area contributed by atoms with Crippen molar-refractivity contribution in [1.82, 2.24) is 10.3 Å². The van der Waals surface area contributed by atoms with Crippen LogP contribution in [0.1, 0.15) is 39.7 Å². The van der Waals surface area contributed by atoms with Gasteiger partial charge in [-0.25, -0.2) is 4.98 Å². The van der Waals surface area contributed by atoms with Gasteiger partial charge >= 0.3 is 0 Å². The van der Waals surface area contributed by atoms with Crippen molar-refractivity contribution in [2.24, 2.45) is 0 Å². The van der Waals surface area contributed by atoms with Crippen LogP contribution in [-0.2, 0) is 16.0 Å². The minimum atomic E-state index is -0.148. The highest BCUT2D eigenvalue weighted by molar-refractivity contribution is 5.47. The molecule has 0 aromatic carbocycles. The first-order chi connectivity index (χ1) is 10.9. The fraction of sp³-hybridized carbons (Fsp3) is 0.722. The van der Waals surface area contributed by atoms with Crippen LogP contribution in [0.3, 0.4) is 0 Å². The molecule has 1 aromatic heterocycles. The highest BCUT2D eigenvalue weighted by Crippen LogP contribution is 2.37. The quantitative estimate of drug-likeness (QED) is 0.923. The molecule has 2 saturated heterocycles. The molecule has 0 aliphatic carbocycles. The maximum Gasteiger partial charge on any atom is 0.133 e. The first kappa shape index (κ1) is 16.7. The van der Waals surface area contributed by atoms with Crippen molar-refractivity contribution in [2.75, 3.05) is 31.2 Å². The number of morpholine rings is 1. The van der Waals surface area contributed by atoms with Crippen molar-refractivity contribution in [3.05, 3.63) is 23.9 Å². The number of aromatic nitrogens is 1. The summed E-state index contributed by atoms with van der Waals surface area (Å²) in [5.41, 5.74) is 1.03. The Labute approximate surface area is 139 Å². The van der Waals surface area contributed by atoms with Gasteiger partial charge in [0, 0.05) is 37.4 Å². The van der Waals surface area contributed by atoms with Gasteiger partial charge in [0.1, 0.15) is 5.82 Å². The van der Waals surface area contributed by atoms with E-state index in [0.29, 0.717) is 6.04 Å². The first-order valence-corrected chi connectivity index (χ1v) is 8.58. The zero-order valence-corrected chi connectivity index (χ0v) is 14.8.